The van der Waals surface area contributed by atoms with Gasteiger partial charge in [0.05, 0.1) is 38.4 Å². The Bertz CT molecular complexity index is 370. The summed E-state index contributed by atoms with van der Waals surface area (Å²) in [5.74, 6) is -1.42. The largest absolute Gasteiger partial charge is 0.481 e. The molecule has 1 N–H and O–H groups in total. The summed E-state index contributed by atoms with van der Waals surface area (Å²) in [6.45, 7) is 4.70. The molecule has 2 aliphatic rings. The lowest BCUT2D eigenvalue weighted by molar-refractivity contribution is -0.146. The number of carbonyl (C=O) groups is 2. The topological polar surface area (TPSA) is 79.3 Å². The molecule has 0 aromatic rings. The number of ether oxygens (including phenoxy) is 2. The van der Waals surface area contributed by atoms with E-state index >= 15 is 0 Å². The van der Waals surface area contributed by atoms with Gasteiger partial charge in [-0.25, -0.2) is 0 Å². The normalized spacial score (nSPS) is 28.6. The Morgan fingerprint density at radius 2 is 1.90 bits per heavy atom. The van der Waals surface area contributed by atoms with Crippen LogP contribution < -0.4 is 0 Å². The molecule has 0 aromatic heterocycles. The zero-order valence-electron chi connectivity index (χ0n) is 11.9. The predicted octanol–water partition coefficient (Wildman–Crippen LogP) is -0.735. The maximum atomic E-state index is 12.4. The van der Waals surface area contributed by atoms with Crippen molar-refractivity contribution in [2.45, 2.75) is 19.0 Å². The van der Waals surface area contributed by atoms with Crippen LogP contribution in [0.1, 0.15) is 6.92 Å². The summed E-state index contributed by atoms with van der Waals surface area (Å²) >= 11 is 0. The molecule has 3 atom stereocenters. The fourth-order valence-corrected chi connectivity index (χ4v) is 2.69. The highest BCUT2D eigenvalue weighted by Crippen LogP contribution is 2.21. The van der Waals surface area contributed by atoms with Gasteiger partial charge in [-0.2, -0.15) is 0 Å². The van der Waals surface area contributed by atoms with Crippen molar-refractivity contribution in [1.82, 2.24) is 9.80 Å². The van der Waals surface area contributed by atoms with Gasteiger partial charge in [-0.15, -0.1) is 0 Å². The van der Waals surface area contributed by atoms with E-state index in [-0.39, 0.29) is 24.6 Å². The molecule has 114 valence electrons. The Morgan fingerprint density at radius 3 is 2.50 bits per heavy atom. The zero-order chi connectivity index (χ0) is 14.7. The second kappa shape index (κ2) is 6.51. The van der Waals surface area contributed by atoms with Crippen molar-refractivity contribution in [3.63, 3.8) is 0 Å². The average molecular weight is 286 g/mol. The highest BCUT2D eigenvalue weighted by Gasteiger charge is 2.40. The number of carbonyl (C=O) groups excluding carboxylic acids is 1. The lowest BCUT2D eigenvalue weighted by atomic mass is 10.0. The molecule has 0 aromatic carbocycles. The van der Waals surface area contributed by atoms with Crippen molar-refractivity contribution in [3.8, 4) is 0 Å². The number of nitrogens with zero attached hydrogens (tertiary/aromatic N) is 2. The first-order chi connectivity index (χ1) is 9.52. The minimum Gasteiger partial charge on any atom is -0.481 e. The van der Waals surface area contributed by atoms with Crippen LogP contribution in [0, 0.1) is 5.92 Å². The molecule has 2 heterocycles. The summed E-state index contributed by atoms with van der Waals surface area (Å²) in [5.41, 5.74) is 0. The summed E-state index contributed by atoms with van der Waals surface area (Å²) in [5, 5.41) is 9.18. The van der Waals surface area contributed by atoms with E-state index in [0.29, 0.717) is 32.9 Å². The SMILES string of the molecule is CC(C(=O)N1CCOCC1)N(C)C1COCC1C(=O)O. The quantitative estimate of drug-likeness (QED) is 0.733. The molecule has 2 rings (SSSR count). The fraction of sp³-hybridized carbons (Fsp3) is 0.846. The maximum absolute atomic E-state index is 12.4. The van der Waals surface area contributed by atoms with Crippen LogP contribution in [-0.2, 0) is 19.1 Å². The van der Waals surface area contributed by atoms with E-state index in [4.69, 9.17) is 9.47 Å². The third-order valence-corrected chi connectivity index (χ3v) is 4.18. The average Bonchev–Trinajstić information content (AvgIpc) is 2.95. The van der Waals surface area contributed by atoms with Crippen LogP contribution in [-0.4, -0.2) is 85.4 Å². The van der Waals surface area contributed by atoms with Crippen LogP contribution in [0.25, 0.3) is 0 Å². The lowest BCUT2D eigenvalue weighted by Crippen LogP contribution is -2.54. The van der Waals surface area contributed by atoms with Gasteiger partial charge in [-0.3, -0.25) is 14.5 Å². The Hall–Kier alpha value is -1.18. The van der Waals surface area contributed by atoms with Crippen molar-refractivity contribution < 1.29 is 24.2 Å². The molecule has 20 heavy (non-hydrogen) atoms. The van der Waals surface area contributed by atoms with Crippen molar-refractivity contribution >= 4 is 11.9 Å². The summed E-state index contributed by atoms with van der Waals surface area (Å²) in [6.07, 6.45) is 0. The number of carboxylic acids is 1. The lowest BCUT2D eigenvalue weighted by Gasteiger charge is -2.35. The van der Waals surface area contributed by atoms with Crippen LogP contribution in [0.3, 0.4) is 0 Å². The van der Waals surface area contributed by atoms with Gasteiger partial charge in [0.2, 0.25) is 5.91 Å². The van der Waals surface area contributed by atoms with E-state index in [9.17, 15) is 14.7 Å². The standard InChI is InChI=1S/C13H22N2O5/c1-9(12(16)15-3-5-19-6-4-15)14(2)11-8-20-7-10(11)13(17)18/h9-11H,3-8H2,1-2H3,(H,17,18). The molecule has 1 amide bonds. The summed E-state index contributed by atoms with van der Waals surface area (Å²) in [4.78, 5) is 27.2. The second-order valence-corrected chi connectivity index (χ2v) is 5.33. The number of aliphatic carboxylic acids is 1. The Kier molecular flexibility index (Phi) is 4.95. The van der Waals surface area contributed by atoms with Crippen LogP contribution >= 0.6 is 0 Å². The van der Waals surface area contributed by atoms with Crippen LogP contribution in [0.15, 0.2) is 0 Å². The molecule has 0 aliphatic carbocycles. The highest BCUT2D eigenvalue weighted by molar-refractivity contribution is 5.81. The van der Waals surface area contributed by atoms with Crippen LogP contribution in [0.5, 0.6) is 0 Å². The van der Waals surface area contributed by atoms with Gasteiger partial charge in [0, 0.05) is 19.1 Å². The summed E-state index contributed by atoms with van der Waals surface area (Å²) in [6, 6.07) is -0.617. The molecule has 0 bridgehead atoms. The first-order valence-corrected chi connectivity index (χ1v) is 6.91. The minimum absolute atomic E-state index is 0.0202. The van der Waals surface area contributed by atoms with Crippen LogP contribution in [0.4, 0.5) is 0 Å². The van der Waals surface area contributed by atoms with Gasteiger partial charge >= 0.3 is 5.97 Å². The number of hydrogen-bond acceptors (Lipinski definition) is 5. The fourth-order valence-electron chi connectivity index (χ4n) is 2.69. The van der Waals surface area contributed by atoms with E-state index in [2.05, 4.69) is 0 Å². The zero-order valence-corrected chi connectivity index (χ0v) is 11.9. The number of amides is 1. The summed E-state index contributed by atoms with van der Waals surface area (Å²) < 4.78 is 10.5. The molecule has 0 spiro atoms. The number of hydrogen-bond donors (Lipinski definition) is 1. The molecule has 7 heteroatoms. The predicted molar refractivity (Wildman–Crippen MR) is 70.4 cm³/mol. The Balaban J connectivity index is 1.98. The first kappa shape index (κ1) is 15.2. The molecular weight excluding hydrogens is 264 g/mol. The van der Waals surface area contributed by atoms with Crippen molar-refractivity contribution in [2.75, 3.05) is 46.6 Å². The molecule has 2 aliphatic heterocycles. The third-order valence-electron chi connectivity index (χ3n) is 4.18. The Labute approximate surface area is 118 Å². The first-order valence-electron chi connectivity index (χ1n) is 6.91. The highest BCUT2D eigenvalue weighted by atomic mass is 16.5. The molecule has 2 saturated heterocycles. The van der Waals surface area contributed by atoms with Crippen molar-refractivity contribution in [3.05, 3.63) is 0 Å². The molecule has 0 saturated carbocycles. The molecule has 3 unspecified atom stereocenters. The van der Waals surface area contributed by atoms with E-state index < -0.39 is 11.9 Å². The van der Waals surface area contributed by atoms with Gasteiger partial charge in [0.25, 0.3) is 0 Å². The van der Waals surface area contributed by atoms with Gasteiger partial charge in [0.15, 0.2) is 0 Å². The smallest absolute Gasteiger partial charge is 0.310 e. The van der Waals surface area contributed by atoms with Gasteiger partial charge in [-0.1, -0.05) is 0 Å². The van der Waals surface area contributed by atoms with E-state index in [1.807, 2.05) is 11.8 Å². The van der Waals surface area contributed by atoms with E-state index in [1.54, 1.807) is 11.9 Å². The summed E-state index contributed by atoms with van der Waals surface area (Å²) in [7, 11) is 1.79. The van der Waals surface area contributed by atoms with Crippen LogP contribution in [0.2, 0.25) is 0 Å². The number of likely N-dealkylation sites (N-methyl/N-ethyl adjacent to an activating group) is 1. The number of morpholine rings is 1. The van der Waals surface area contributed by atoms with E-state index in [1.165, 1.54) is 0 Å². The number of carboxylic acid groups (broad SMARTS) is 1. The minimum atomic E-state index is -0.870. The maximum Gasteiger partial charge on any atom is 0.310 e. The second-order valence-electron chi connectivity index (χ2n) is 5.33. The molecule has 0 radical (unpaired) electrons. The molecule has 7 nitrogen and oxygen atoms in total. The van der Waals surface area contributed by atoms with E-state index in [0.717, 1.165) is 0 Å². The van der Waals surface area contributed by atoms with Crippen molar-refractivity contribution in [2.24, 2.45) is 5.92 Å². The van der Waals surface area contributed by atoms with Gasteiger partial charge in [0.1, 0.15) is 0 Å². The molecular formula is C13H22N2O5. The van der Waals surface area contributed by atoms with Crippen molar-refractivity contribution in [1.29, 1.82) is 0 Å². The third kappa shape index (κ3) is 3.11. The number of rotatable bonds is 4. The van der Waals surface area contributed by atoms with Gasteiger partial charge in [-0.05, 0) is 14.0 Å². The monoisotopic (exact) mass is 286 g/mol. The Morgan fingerprint density at radius 1 is 1.25 bits per heavy atom. The van der Waals surface area contributed by atoms with Gasteiger partial charge < -0.3 is 19.5 Å². The molecule has 2 fully saturated rings.